The van der Waals surface area contributed by atoms with Gasteiger partial charge in [0.2, 0.25) is 0 Å². The highest BCUT2D eigenvalue weighted by Gasteiger charge is 2.31. The Bertz CT molecular complexity index is 847. The molecule has 0 fully saturated rings. The molecule has 136 valence electrons. The van der Waals surface area contributed by atoms with Gasteiger partial charge in [0.15, 0.2) is 0 Å². The molecule has 2 aromatic rings. The summed E-state index contributed by atoms with van der Waals surface area (Å²) in [6, 6.07) is 10.7. The minimum absolute atomic E-state index is 0.225. The van der Waals surface area contributed by atoms with E-state index in [0.29, 0.717) is 12.2 Å². The van der Waals surface area contributed by atoms with Crippen LogP contribution in [0, 0.1) is 0 Å². The summed E-state index contributed by atoms with van der Waals surface area (Å²) in [5.74, 6) is 0. The standard InChI is InChI=1S/C19H16BrF3N2S/c20-15-5-6-17(24)16(10-15)13-7-8-25(11-26)18(9-13)12-1-3-14(4-2-12)19(21,22)23/h1-6,9-11,18H,7-8,24H2. The Hall–Kier alpha value is -1.86. The summed E-state index contributed by atoms with van der Waals surface area (Å²) in [5, 5.41) is 0. The van der Waals surface area contributed by atoms with E-state index in [-0.39, 0.29) is 6.04 Å². The molecule has 1 atom stereocenters. The number of anilines is 1. The second kappa shape index (κ2) is 7.40. The lowest BCUT2D eigenvalue weighted by Gasteiger charge is -2.33. The third kappa shape index (κ3) is 3.94. The second-order valence-corrected chi connectivity index (χ2v) is 7.21. The number of hydrogen-bond acceptors (Lipinski definition) is 2. The molecule has 0 spiro atoms. The monoisotopic (exact) mass is 440 g/mol. The molecule has 0 aromatic heterocycles. The molecule has 26 heavy (non-hydrogen) atoms. The quantitative estimate of drug-likeness (QED) is 0.480. The van der Waals surface area contributed by atoms with Crippen molar-refractivity contribution in [2.24, 2.45) is 0 Å². The molecule has 3 rings (SSSR count). The van der Waals surface area contributed by atoms with Gasteiger partial charge in [-0.15, -0.1) is 0 Å². The SMILES string of the molecule is Nc1ccc(Br)cc1C1=CC(c2ccc(C(F)(F)F)cc2)N(C=S)CC1. The summed E-state index contributed by atoms with van der Waals surface area (Å²) < 4.78 is 39.3. The highest BCUT2D eigenvalue weighted by atomic mass is 79.9. The Morgan fingerprint density at radius 3 is 2.46 bits per heavy atom. The maximum absolute atomic E-state index is 12.8. The van der Waals surface area contributed by atoms with E-state index in [1.54, 1.807) is 5.49 Å². The van der Waals surface area contributed by atoms with E-state index in [4.69, 9.17) is 18.0 Å². The number of benzene rings is 2. The maximum atomic E-state index is 12.8. The third-order valence-corrected chi connectivity index (χ3v) is 5.20. The fraction of sp³-hybridized carbons (Fsp3) is 0.211. The van der Waals surface area contributed by atoms with Crippen molar-refractivity contribution in [3.8, 4) is 0 Å². The molecule has 0 bridgehead atoms. The molecule has 1 unspecified atom stereocenters. The van der Waals surface area contributed by atoms with Crippen LogP contribution in [0.2, 0.25) is 0 Å². The Kier molecular flexibility index (Phi) is 5.39. The van der Waals surface area contributed by atoms with E-state index >= 15 is 0 Å². The minimum Gasteiger partial charge on any atom is -0.398 e. The fourth-order valence-corrected chi connectivity index (χ4v) is 3.66. The second-order valence-electron chi connectivity index (χ2n) is 6.08. The van der Waals surface area contributed by atoms with Gasteiger partial charge in [-0.05, 0) is 47.9 Å². The molecule has 1 heterocycles. The van der Waals surface area contributed by atoms with Crippen LogP contribution in [0.3, 0.4) is 0 Å². The van der Waals surface area contributed by atoms with Crippen LogP contribution >= 0.6 is 28.1 Å². The van der Waals surface area contributed by atoms with Crippen molar-refractivity contribution >= 4 is 44.9 Å². The first kappa shape index (κ1) is 18.9. The lowest BCUT2D eigenvalue weighted by atomic mass is 9.91. The van der Waals surface area contributed by atoms with Crippen LogP contribution in [0.4, 0.5) is 18.9 Å². The van der Waals surface area contributed by atoms with E-state index in [1.807, 2.05) is 29.2 Å². The predicted molar refractivity (Wildman–Crippen MR) is 106 cm³/mol. The van der Waals surface area contributed by atoms with Gasteiger partial charge in [-0.25, -0.2) is 0 Å². The fourth-order valence-electron chi connectivity index (χ4n) is 3.06. The molecule has 0 saturated carbocycles. The molecule has 0 radical (unpaired) electrons. The number of nitrogens with two attached hydrogens (primary N) is 1. The average Bonchev–Trinajstić information content (AvgIpc) is 2.62. The lowest BCUT2D eigenvalue weighted by molar-refractivity contribution is -0.137. The molecule has 2 aromatic carbocycles. The first-order chi connectivity index (χ1) is 12.3. The number of hydrogen-bond donors (Lipinski definition) is 1. The van der Waals surface area contributed by atoms with Crippen molar-refractivity contribution in [3.63, 3.8) is 0 Å². The minimum atomic E-state index is -4.35. The molecule has 1 aliphatic rings. The van der Waals surface area contributed by atoms with Crippen molar-refractivity contribution in [2.45, 2.75) is 18.6 Å². The Morgan fingerprint density at radius 1 is 1.15 bits per heavy atom. The molecule has 2 nitrogen and oxygen atoms in total. The van der Waals surface area contributed by atoms with Gasteiger partial charge in [0.1, 0.15) is 0 Å². The largest absolute Gasteiger partial charge is 0.416 e. The Morgan fingerprint density at radius 2 is 1.85 bits per heavy atom. The Labute approximate surface area is 163 Å². The van der Waals surface area contributed by atoms with Crippen LogP contribution in [0.15, 0.2) is 53.0 Å². The van der Waals surface area contributed by atoms with E-state index in [9.17, 15) is 13.2 Å². The van der Waals surface area contributed by atoms with Crippen molar-refractivity contribution in [1.82, 2.24) is 4.90 Å². The highest BCUT2D eigenvalue weighted by Crippen LogP contribution is 2.37. The van der Waals surface area contributed by atoms with Crippen LogP contribution in [0.5, 0.6) is 0 Å². The molecule has 1 aliphatic heterocycles. The van der Waals surface area contributed by atoms with E-state index in [0.717, 1.165) is 39.7 Å². The highest BCUT2D eigenvalue weighted by molar-refractivity contribution is 9.10. The van der Waals surface area contributed by atoms with Crippen LogP contribution in [0.1, 0.15) is 29.2 Å². The van der Waals surface area contributed by atoms with Gasteiger partial charge < -0.3 is 10.6 Å². The summed E-state index contributed by atoms with van der Waals surface area (Å²) in [7, 11) is 0. The number of alkyl halides is 3. The molecule has 0 aliphatic carbocycles. The molecule has 0 amide bonds. The van der Waals surface area contributed by atoms with Gasteiger partial charge in [0.05, 0.1) is 17.1 Å². The van der Waals surface area contributed by atoms with Crippen molar-refractivity contribution in [1.29, 1.82) is 0 Å². The lowest BCUT2D eigenvalue weighted by Crippen LogP contribution is -2.30. The van der Waals surface area contributed by atoms with Gasteiger partial charge in [-0.3, -0.25) is 0 Å². The number of rotatable bonds is 3. The van der Waals surface area contributed by atoms with Crippen LogP contribution < -0.4 is 5.73 Å². The molecule has 2 N–H and O–H groups in total. The van der Waals surface area contributed by atoms with Crippen LogP contribution in [0.25, 0.3) is 5.57 Å². The van der Waals surface area contributed by atoms with E-state index in [2.05, 4.69) is 15.9 Å². The third-order valence-electron chi connectivity index (χ3n) is 4.43. The first-order valence-corrected chi connectivity index (χ1v) is 9.20. The summed E-state index contributed by atoms with van der Waals surface area (Å²) in [5.41, 5.74) is 10.4. The predicted octanol–water partition coefficient (Wildman–Crippen LogP) is 5.84. The van der Waals surface area contributed by atoms with Crippen LogP contribution in [-0.4, -0.2) is 16.9 Å². The first-order valence-electron chi connectivity index (χ1n) is 7.94. The van der Waals surface area contributed by atoms with Gasteiger partial charge in [0.25, 0.3) is 0 Å². The summed E-state index contributed by atoms with van der Waals surface area (Å²) in [4.78, 5) is 1.94. The average molecular weight is 441 g/mol. The van der Waals surface area contributed by atoms with Gasteiger partial charge >= 0.3 is 6.18 Å². The van der Waals surface area contributed by atoms with Gasteiger partial charge in [-0.1, -0.05) is 46.4 Å². The zero-order chi connectivity index (χ0) is 18.9. The molecular formula is C19H16BrF3N2S. The number of nitrogens with zero attached hydrogens (tertiary/aromatic N) is 1. The van der Waals surface area contributed by atoms with Gasteiger partial charge in [-0.2, -0.15) is 13.2 Å². The number of thiocarbonyl (C=S) groups is 1. The van der Waals surface area contributed by atoms with E-state index < -0.39 is 11.7 Å². The number of nitrogen functional groups attached to an aromatic ring is 1. The topological polar surface area (TPSA) is 29.3 Å². The smallest absolute Gasteiger partial charge is 0.398 e. The Balaban J connectivity index is 2.00. The van der Waals surface area contributed by atoms with Crippen molar-refractivity contribution < 1.29 is 13.2 Å². The summed E-state index contributed by atoms with van der Waals surface area (Å²) >= 11 is 8.55. The molecule has 0 saturated heterocycles. The molecule has 7 heteroatoms. The summed E-state index contributed by atoms with van der Waals surface area (Å²) in [6.07, 6.45) is -1.57. The zero-order valence-electron chi connectivity index (χ0n) is 13.6. The van der Waals surface area contributed by atoms with Gasteiger partial charge in [0, 0.05) is 22.3 Å². The van der Waals surface area contributed by atoms with Crippen LogP contribution in [-0.2, 0) is 6.18 Å². The van der Waals surface area contributed by atoms with Crippen molar-refractivity contribution in [3.05, 3.63) is 69.7 Å². The summed E-state index contributed by atoms with van der Waals surface area (Å²) in [6.45, 7) is 0.674. The van der Waals surface area contributed by atoms with Crippen molar-refractivity contribution in [2.75, 3.05) is 12.3 Å². The maximum Gasteiger partial charge on any atom is 0.416 e. The van der Waals surface area contributed by atoms with E-state index in [1.165, 1.54) is 12.1 Å². The zero-order valence-corrected chi connectivity index (χ0v) is 16.0. The number of halogens is 4. The normalized spacial score (nSPS) is 17.8. The molecular weight excluding hydrogens is 425 g/mol.